The van der Waals surface area contributed by atoms with Crippen molar-refractivity contribution >= 4 is 57.9 Å². The fourth-order valence-corrected chi connectivity index (χ4v) is 5.49. The Hall–Kier alpha value is -3.55. The second kappa shape index (κ2) is 8.67. The van der Waals surface area contributed by atoms with Gasteiger partial charge >= 0.3 is 0 Å². The maximum absolute atomic E-state index is 13.3. The third-order valence-corrected chi connectivity index (χ3v) is 7.06. The SMILES string of the molecule is N#C/C(C(=O)Nc1ccccc1)=C1/S[C@@H]([C@H]2SC(=O)NC2=O)C(=O)N1c1ccccc1. The largest absolute Gasteiger partial charge is 0.321 e. The molecular formula is C21H14N4O4S2. The van der Waals surface area contributed by atoms with E-state index in [1.807, 2.05) is 6.07 Å². The first kappa shape index (κ1) is 20.7. The van der Waals surface area contributed by atoms with E-state index >= 15 is 0 Å². The van der Waals surface area contributed by atoms with Crippen LogP contribution in [0.2, 0.25) is 0 Å². The van der Waals surface area contributed by atoms with Crippen molar-refractivity contribution in [2.24, 2.45) is 0 Å². The number of rotatable bonds is 4. The van der Waals surface area contributed by atoms with Gasteiger partial charge in [-0.25, -0.2) is 0 Å². The number of benzene rings is 2. The number of hydrogen-bond acceptors (Lipinski definition) is 7. The summed E-state index contributed by atoms with van der Waals surface area (Å²) in [5, 5.41) is 12.3. The Morgan fingerprint density at radius 1 is 0.968 bits per heavy atom. The summed E-state index contributed by atoms with van der Waals surface area (Å²) in [6.45, 7) is 0. The number of nitrogens with one attached hydrogen (secondary N) is 2. The molecule has 2 atom stereocenters. The fraction of sp³-hybridized carbons (Fsp3) is 0.0952. The van der Waals surface area contributed by atoms with Crippen molar-refractivity contribution in [2.45, 2.75) is 10.5 Å². The molecule has 2 aliphatic heterocycles. The molecule has 2 fully saturated rings. The third-order valence-electron chi connectivity index (χ3n) is 4.50. The molecule has 2 aliphatic rings. The lowest BCUT2D eigenvalue weighted by molar-refractivity contribution is -0.122. The molecule has 154 valence electrons. The minimum absolute atomic E-state index is 0.116. The van der Waals surface area contributed by atoms with Gasteiger partial charge in [0.2, 0.25) is 11.8 Å². The lowest BCUT2D eigenvalue weighted by atomic mass is 10.2. The monoisotopic (exact) mass is 450 g/mol. The number of imide groups is 1. The molecule has 0 aromatic heterocycles. The Morgan fingerprint density at radius 3 is 2.19 bits per heavy atom. The number of amides is 4. The molecular weight excluding hydrogens is 436 g/mol. The standard InChI is InChI=1S/C21H14N4O4S2/c22-11-14(17(26)23-12-7-3-1-4-8-12)20-25(13-9-5-2-6-10-13)19(28)16(30-20)15-18(27)24-21(29)31-15/h1-10,15-16H,(H,23,26)(H,24,27,29)/b20-14-/t15-,16+/m1/s1. The molecule has 10 heteroatoms. The van der Waals surface area contributed by atoms with Crippen molar-refractivity contribution in [3.05, 3.63) is 71.3 Å². The number of para-hydroxylation sites is 2. The number of hydrogen-bond donors (Lipinski definition) is 2. The Bertz CT molecular complexity index is 1140. The number of anilines is 2. The van der Waals surface area contributed by atoms with Gasteiger partial charge in [-0.05, 0) is 36.0 Å². The van der Waals surface area contributed by atoms with Gasteiger partial charge in [0.15, 0.2) is 0 Å². The molecule has 0 saturated carbocycles. The Labute approximate surface area is 185 Å². The molecule has 0 aliphatic carbocycles. The average molecular weight is 451 g/mol. The predicted octanol–water partition coefficient (Wildman–Crippen LogP) is 2.86. The van der Waals surface area contributed by atoms with Gasteiger partial charge in [-0.15, -0.1) is 0 Å². The summed E-state index contributed by atoms with van der Waals surface area (Å²) in [6.07, 6.45) is 0. The minimum atomic E-state index is -0.959. The predicted molar refractivity (Wildman–Crippen MR) is 118 cm³/mol. The van der Waals surface area contributed by atoms with Crippen molar-refractivity contribution in [3.8, 4) is 6.07 Å². The Balaban J connectivity index is 1.75. The molecule has 0 radical (unpaired) electrons. The molecule has 2 saturated heterocycles. The zero-order valence-electron chi connectivity index (χ0n) is 15.8. The second-order valence-electron chi connectivity index (χ2n) is 6.47. The molecule has 4 amide bonds. The normalized spacial score (nSPS) is 22.2. The molecule has 2 N–H and O–H groups in total. The van der Waals surface area contributed by atoms with Gasteiger partial charge in [0.1, 0.15) is 27.2 Å². The number of thioether (sulfide) groups is 2. The molecule has 0 unspecified atom stereocenters. The highest BCUT2D eigenvalue weighted by Gasteiger charge is 2.50. The molecule has 2 aromatic carbocycles. The fourth-order valence-electron chi connectivity index (χ4n) is 3.11. The topological polar surface area (TPSA) is 119 Å². The Kier molecular flexibility index (Phi) is 5.79. The van der Waals surface area contributed by atoms with Crippen LogP contribution >= 0.6 is 23.5 Å². The summed E-state index contributed by atoms with van der Waals surface area (Å²) >= 11 is 1.67. The third kappa shape index (κ3) is 4.05. The van der Waals surface area contributed by atoms with Crippen LogP contribution in [0.4, 0.5) is 16.2 Å². The highest BCUT2D eigenvalue weighted by atomic mass is 32.2. The lowest BCUT2D eigenvalue weighted by Gasteiger charge is -2.18. The number of carbonyl (C=O) groups is 4. The van der Waals surface area contributed by atoms with E-state index in [4.69, 9.17) is 0 Å². The highest BCUT2D eigenvalue weighted by Crippen LogP contribution is 2.45. The summed E-state index contributed by atoms with van der Waals surface area (Å²) in [4.78, 5) is 51.2. The van der Waals surface area contributed by atoms with Gasteiger partial charge in [-0.1, -0.05) is 48.2 Å². The van der Waals surface area contributed by atoms with Crippen LogP contribution in [-0.4, -0.2) is 33.5 Å². The molecule has 0 spiro atoms. The van der Waals surface area contributed by atoms with Crippen molar-refractivity contribution in [2.75, 3.05) is 10.2 Å². The van der Waals surface area contributed by atoms with E-state index in [1.54, 1.807) is 60.7 Å². The van der Waals surface area contributed by atoms with E-state index in [-0.39, 0.29) is 10.6 Å². The summed E-state index contributed by atoms with van der Waals surface area (Å²) < 4.78 is 0. The van der Waals surface area contributed by atoms with E-state index in [1.165, 1.54) is 4.90 Å². The van der Waals surface area contributed by atoms with Crippen LogP contribution in [0, 0.1) is 11.3 Å². The first-order chi connectivity index (χ1) is 15.0. The van der Waals surface area contributed by atoms with Gasteiger partial charge in [0.25, 0.3) is 11.1 Å². The maximum Gasteiger partial charge on any atom is 0.286 e. The molecule has 31 heavy (non-hydrogen) atoms. The van der Waals surface area contributed by atoms with E-state index in [2.05, 4.69) is 10.6 Å². The second-order valence-corrected chi connectivity index (χ2v) is 8.72. The van der Waals surface area contributed by atoms with Gasteiger partial charge in [-0.2, -0.15) is 5.26 Å². The van der Waals surface area contributed by atoms with Gasteiger partial charge in [0, 0.05) is 11.4 Å². The van der Waals surface area contributed by atoms with E-state index in [0.29, 0.717) is 11.4 Å². The van der Waals surface area contributed by atoms with Gasteiger partial charge < -0.3 is 5.32 Å². The first-order valence-electron chi connectivity index (χ1n) is 9.07. The van der Waals surface area contributed by atoms with Crippen molar-refractivity contribution in [1.29, 1.82) is 5.26 Å². The Morgan fingerprint density at radius 2 is 1.61 bits per heavy atom. The van der Waals surface area contributed by atoms with Crippen LogP contribution in [0.25, 0.3) is 0 Å². The molecule has 0 bridgehead atoms. The molecule has 4 rings (SSSR count). The zero-order chi connectivity index (χ0) is 22.0. The summed E-state index contributed by atoms with van der Waals surface area (Å²) in [7, 11) is 0. The van der Waals surface area contributed by atoms with Crippen LogP contribution in [0.3, 0.4) is 0 Å². The quantitative estimate of drug-likeness (QED) is 0.543. The smallest absolute Gasteiger partial charge is 0.286 e. The molecule has 2 aromatic rings. The number of nitrogens with zero attached hydrogens (tertiary/aromatic N) is 2. The van der Waals surface area contributed by atoms with Crippen LogP contribution in [0.1, 0.15) is 0 Å². The molecule has 8 nitrogen and oxygen atoms in total. The van der Waals surface area contributed by atoms with E-state index in [0.717, 1.165) is 23.5 Å². The van der Waals surface area contributed by atoms with E-state index in [9.17, 15) is 24.4 Å². The average Bonchev–Trinajstić information content (AvgIpc) is 3.28. The first-order valence-corrected chi connectivity index (χ1v) is 10.8. The summed E-state index contributed by atoms with van der Waals surface area (Å²) in [5.41, 5.74) is 0.685. The van der Waals surface area contributed by atoms with Crippen LogP contribution < -0.4 is 15.5 Å². The van der Waals surface area contributed by atoms with Gasteiger partial charge in [0.05, 0.1) is 0 Å². The van der Waals surface area contributed by atoms with Crippen molar-refractivity contribution < 1.29 is 19.2 Å². The highest BCUT2D eigenvalue weighted by molar-refractivity contribution is 8.16. The zero-order valence-corrected chi connectivity index (χ0v) is 17.4. The summed E-state index contributed by atoms with van der Waals surface area (Å²) in [6, 6.07) is 19.0. The van der Waals surface area contributed by atoms with Crippen LogP contribution in [-0.2, 0) is 14.4 Å². The van der Waals surface area contributed by atoms with E-state index < -0.39 is 33.5 Å². The summed E-state index contributed by atoms with van der Waals surface area (Å²) in [5.74, 6) is -1.72. The maximum atomic E-state index is 13.3. The number of carbonyl (C=O) groups excluding carboxylic acids is 4. The minimum Gasteiger partial charge on any atom is -0.321 e. The van der Waals surface area contributed by atoms with Crippen molar-refractivity contribution in [3.63, 3.8) is 0 Å². The molecule has 2 heterocycles. The van der Waals surface area contributed by atoms with Crippen molar-refractivity contribution in [1.82, 2.24) is 5.32 Å². The van der Waals surface area contributed by atoms with Gasteiger partial charge in [-0.3, -0.25) is 29.4 Å². The van der Waals surface area contributed by atoms with Crippen LogP contribution in [0.15, 0.2) is 71.3 Å². The number of nitriles is 1. The lowest BCUT2D eigenvalue weighted by Crippen LogP contribution is -2.38. The van der Waals surface area contributed by atoms with Crippen LogP contribution in [0.5, 0.6) is 0 Å².